The number of likely N-dealkylation sites (tertiary alicyclic amines) is 1. The Balaban J connectivity index is 1.47. The van der Waals surface area contributed by atoms with E-state index in [-0.39, 0.29) is 17.7 Å². The van der Waals surface area contributed by atoms with Crippen LogP contribution in [0.5, 0.6) is 0 Å². The Morgan fingerprint density at radius 3 is 2.30 bits per heavy atom. The van der Waals surface area contributed by atoms with Crippen molar-refractivity contribution in [1.82, 2.24) is 9.62 Å². The normalized spacial score (nSPS) is 34.0. The molecule has 0 radical (unpaired) electrons. The maximum atomic E-state index is 12.4. The first-order chi connectivity index (χ1) is 9.48. The molecule has 0 bridgehead atoms. The minimum Gasteiger partial charge on any atom is -0.342 e. The maximum absolute atomic E-state index is 12.4. The molecule has 114 valence electrons. The zero-order valence-electron chi connectivity index (χ0n) is 12.0. The maximum Gasteiger partial charge on any atom is 0.225 e. The third-order valence-electron chi connectivity index (χ3n) is 5.13. The second-order valence-corrected chi connectivity index (χ2v) is 8.59. The van der Waals surface area contributed by atoms with Gasteiger partial charge in [-0.1, -0.05) is 0 Å². The van der Waals surface area contributed by atoms with E-state index in [9.17, 15) is 13.2 Å². The summed E-state index contributed by atoms with van der Waals surface area (Å²) < 4.78 is 25.8. The summed E-state index contributed by atoms with van der Waals surface area (Å²) in [5.41, 5.74) is 0. The van der Waals surface area contributed by atoms with Gasteiger partial charge in [0.1, 0.15) is 0 Å². The van der Waals surface area contributed by atoms with Crippen LogP contribution in [-0.2, 0) is 14.8 Å². The molecule has 2 unspecified atom stereocenters. The molecule has 3 fully saturated rings. The minimum atomic E-state index is -3.13. The molecule has 1 heterocycles. The highest BCUT2D eigenvalue weighted by molar-refractivity contribution is 7.89. The van der Waals surface area contributed by atoms with Crippen LogP contribution in [0.3, 0.4) is 0 Å². The first-order valence-electron chi connectivity index (χ1n) is 7.77. The number of nitrogens with one attached hydrogen (secondary N) is 1. The Morgan fingerprint density at radius 2 is 1.75 bits per heavy atom. The molecule has 5 nitrogen and oxygen atoms in total. The van der Waals surface area contributed by atoms with E-state index in [0.29, 0.717) is 19.0 Å². The Labute approximate surface area is 121 Å². The number of sulfonamides is 1. The first kappa shape index (κ1) is 14.3. The molecule has 0 spiro atoms. The molecule has 0 aromatic rings. The summed E-state index contributed by atoms with van der Waals surface area (Å²) in [5.74, 6) is 2.35. The van der Waals surface area contributed by atoms with Crippen LogP contribution in [0.2, 0.25) is 0 Å². The van der Waals surface area contributed by atoms with Crippen LogP contribution in [0, 0.1) is 17.8 Å². The highest BCUT2D eigenvalue weighted by atomic mass is 32.2. The molecular formula is C14H24N2O3S. The average molecular weight is 300 g/mol. The standard InChI is InChI=1S/C14H24N2O3S/c1-2-20(18,19)15-13-3-5-16(6-4-13)14(17)12-8-10-7-11(10)9-12/h10-13,15H,2-9H2,1H3. The van der Waals surface area contributed by atoms with Gasteiger partial charge in [-0.15, -0.1) is 0 Å². The number of carbonyl (C=O) groups excluding carboxylic acids is 1. The van der Waals surface area contributed by atoms with Crippen LogP contribution in [0.25, 0.3) is 0 Å². The topological polar surface area (TPSA) is 66.5 Å². The summed E-state index contributed by atoms with van der Waals surface area (Å²) in [7, 11) is -3.13. The number of hydrogen-bond acceptors (Lipinski definition) is 3. The van der Waals surface area contributed by atoms with Crippen molar-refractivity contribution >= 4 is 15.9 Å². The van der Waals surface area contributed by atoms with Crippen molar-refractivity contribution in [1.29, 1.82) is 0 Å². The summed E-state index contributed by atoms with van der Waals surface area (Å²) in [4.78, 5) is 14.4. The third kappa shape index (κ3) is 3.01. The molecule has 1 aliphatic heterocycles. The van der Waals surface area contributed by atoms with Gasteiger partial charge in [0.15, 0.2) is 0 Å². The van der Waals surface area contributed by atoms with E-state index < -0.39 is 10.0 Å². The number of amides is 1. The molecule has 3 aliphatic rings. The number of hydrogen-bond donors (Lipinski definition) is 1. The van der Waals surface area contributed by atoms with Crippen LogP contribution in [-0.4, -0.2) is 44.1 Å². The molecule has 2 aliphatic carbocycles. The summed E-state index contributed by atoms with van der Waals surface area (Å²) >= 11 is 0. The van der Waals surface area contributed by atoms with Gasteiger partial charge >= 0.3 is 0 Å². The van der Waals surface area contributed by atoms with E-state index in [1.54, 1.807) is 6.92 Å². The average Bonchev–Trinajstić information content (AvgIpc) is 3.05. The number of nitrogens with zero attached hydrogens (tertiary/aromatic N) is 1. The molecule has 1 amide bonds. The van der Waals surface area contributed by atoms with E-state index >= 15 is 0 Å². The molecule has 2 saturated carbocycles. The molecular weight excluding hydrogens is 276 g/mol. The highest BCUT2D eigenvalue weighted by Gasteiger charge is 2.48. The van der Waals surface area contributed by atoms with Gasteiger partial charge in [-0.05, 0) is 50.9 Å². The zero-order chi connectivity index (χ0) is 14.3. The molecule has 3 rings (SSSR count). The van der Waals surface area contributed by atoms with Crippen LogP contribution in [0.1, 0.15) is 39.0 Å². The smallest absolute Gasteiger partial charge is 0.225 e. The van der Waals surface area contributed by atoms with Crippen molar-refractivity contribution < 1.29 is 13.2 Å². The SMILES string of the molecule is CCS(=O)(=O)NC1CCN(C(=O)C2CC3CC3C2)CC1. The Morgan fingerprint density at radius 1 is 1.15 bits per heavy atom. The van der Waals surface area contributed by atoms with Crippen LogP contribution >= 0.6 is 0 Å². The van der Waals surface area contributed by atoms with Gasteiger partial charge in [-0.2, -0.15) is 0 Å². The van der Waals surface area contributed by atoms with Crippen molar-refractivity contribution in [3.8, 4) is 0 Å². The molecule has 0 aromatic heterocycles. The molecule has 20 heavy (non-hydrogen) atoms. The lowest BCUT2D eigenvalue weighted by Gasteiger charge is -2.34. The second-order valence-electron chi connectivity index (χ2n) is 6.55. The predicted octanol–water partition coefficient (Wildman–Crippen LogP) is 0.963. The van der Waals surface area contributed by atoms with E-state index in [2.05, 4.69) is 4.72 Å². The first-order valence-corrected chi connectivity index (χ1v) is 9.42. The Hall–Kier alpha value is -0.620. The van der Waals surface area contributed by atoms with Crippen LogP contribution < -0.4 is 4.72 Å². The van der Waals surface area contributed by atoms with Gasteiger partial charge in [0.05, 0.1) is 5.75 Å². The van der Waals surface area contributed by atoms with Crippen molar-refractivity contribution in [3.63, 3.8) is 0 Å². The lowest BCUT2D eigenvalue weighted by molar-refractivity contribution is -0.136. The van der Waals surface area contributed by atoms with Crippen LogP contribution in [0.15, 0.2) is 0 Å². The van der Waals surface area contributed by atoms with Gasteiger partial charge in [-0.3, -0.25) is 4.79 Å². The summed E-state index contributed by atoms with van der Waals surface area (Å²) in [6, 6.07) is 0.000908. The van der Waals surface area contributed by atoms with Crippen molar-refractivity contribution in [2.24, 2.45) is 17.8 Å². The lowest BCUT2D eigenvalue weighted by atomic mass is 9.99. The van der Waals surface area contributed by atoms with E-state index in [4.69, 9.17) is 0 Å². The quantitative estimate of drug-likeness (QED) is 0.841. The number of rotatable bonds is 4. The number of carbonyl (C=O) groups is 1. The van der Waals surface area contributed by atoms with Crippen molar-refractivity contribution in [2.45, 2.75) is 45.1 Å². The fourth-order valence-electron chi connectivity index (χ4n) is 3.73. The molecule has 0 aromatic carbocycles. The van der Waals surface area contributed by atoms with Gasteiger partial charge in [0, 0.05) is 25.0 Å². The fraction of sp³-hybridized carbons (Fsp3) is 0.929. The van der Waals surface area contributed by atoms with Crippen molar-refractivity contribution in [3.05, 3.63) is 0 Å². The highest BCUT2D eigenvalue weighted by Crippen LogP contribution is 2.54. The van der Waals surface area contributed by atoms with Gasteiger partial charge in [0.2, 0.25) is 15.9 Å². The summed E-state index contributed by atoms with van der Waals surface area (Å²) in [6.07, 6.45) is 5.00. The van der Waals surface area contributed by atoms with Gasteiger partial charge in [0.25, 0.3) is 0 Å². The lowest BCUT2D eigenvalue weighted by Crippen LogP contribution is -2.48. The minimum absolute atomic E-state index is 0.000908. The molecule has 6 heteroatoms. The Kier molecular flexibility index (Phi) is 3.79. The Bertz CT molecular complexity index is 473. The summed E-state index contributed by atoms with van der Waals surface area (Å²) in [6.45, 7) is 3.04. The number of fused-ring (bicyclic) bond motifs is 1. The largest absolute Gasteiger partial charge is 0.342 e. The number of piperidine rings is 1. The summed E-state index contributed by atoms with van der Waals surface area (Å²) in [5, 5.41) is 0. The van der Waals surface area contributed by atoms with E-state index in [1.807, 2.05) is 4.90 Å². The zero-order valence-corrected chi connectivity index (χ0v) is 12.9. The third-order valence-corrected chi connectivity index (χ3v) is 6.58. The monoisotopic (exact) mass is 300 g/mol. The van der Waals surface area contributed by atoms with Gasteiger partial charge < -0.3 is 4.90 Å². The van der Waals surface area contributed by atoms with E-state index in [1.165, 1.54) is 6.42 Å². The second kappa shape index (κ2) is 5.30. The van der Waals surface area contributed by atoms with Gasteiger partial charge in [-0.25, -0.2) is 13.1 Å². The molecule has 1 N–H and O–H groups in total. The van der Waals surface area contributed by atoms with Crippen molar-refractivity contribution in [2.75, 3.05) is 18.8 Å². The molecule has 2 atom stereocenters. The predicted molar refractivity (Wildman–Crippen MR) is 76.5 cm³/mol. The van der Waals surface area contributed by atoms with E-state index in [0.717, 1.165) is 37.5 Å². The fourth-order valence-corrected chi connectivity index (χ4v) is 4.64. The molecule has 1 saturated heterocycles. The van der Waals surface area contributed by atoms with Crippen LogP contribution in [0.4, 0.5) is 0 Å².